The zero-order chi connectivity index (χ0) is 23.2. The van der Waals surface area contributed by atoms with E-state index in [0.717, 1.165) is 33.1 Å². The number of nitrogens with zero attached hydrogens (tertiary/aromatic N) is 2. The van der Waals surface area contributed by atoms with Crippen LogP contribution >= 0.6 is 0 Å². The molecule has 0 unspecified atom stereocenters. The summed E-state index contributed by atoms with van der Waals surface area (Å²) in [5.41, 5.74) is 4.47. The monoisotopic (exact) mass is 449 g/mol. The van der Waals surface area contributed by atoms with E-state index in [9.17, 15) is 14.3 Å². The molecule has 0 saturated heterocycles. The predicted octanol–water partition coefficient (Wildman–Crippen LogP) is 5.33. The van der Waals surface area contributed by atoms with E-state index in [1.54, 1.807) is 28.8 Å². The third kappa shape index (κ3) is 3.40. The molecule has 0 spiro atoms. The van der Waals surface area contributed by atoms with Gasteiger partial charge in [-0.15, -0.1) is 0 Å². The first-order valence-electron chi connectivity index (χ1n) is 11.0. The highest BCUT2D eigenvalue weighted by atomic mass is 19.1. The van der Waals surface area contributed by atoms with Crippen LogP contribution in [0.1, 0.15) is 22.5 Å². The normalized spacial score (nSPS) is 11.6. The Morgan fingerprint density at radius 1 is 0.882 bits per heavy atom. The van der Waals surface area contributed by atoms with Gasteiger partial charge in [-0.2, -0.15) is 0 Å². The molecule has 2 aliphatic heterocycles. The van der Waals surface area contributed by atoms with Crippen LogP contribution in [-0.2, 0) is 12.8 Å². The van der Waals surface area contributed by atoms with Crippen molar-refractivity contribution in [1.29, 1.82) is 0 Å². The molecule has 0 fully saturated rings. The molecule has 0 aliphatic carbocycles. The Balaban J connectivity index is 1.61. The van der Waals surface area contributed by atoms with E-state index in [1.165, 1.54) is 12.1 Å². The molecule has 0 aromatic heterocycles. The van der Waals surface area contributed by atoms with Crippen LogP contribution in [0.3, 0.4) is 0 Å². The Hall–Kier alpha value is -4.45. The first-order chi connectivity index (χ1) is 16.6. The number of phenolic OH excluding ortho intramolecular Hbond substituents is 1. The third-order valence-corrected chi connectivity index (χ3v) is 6.18. The van der Waals surface area contributed by atoms with E-state index in [1.807, 2.05) is 48.5 Å². The second-order valence-corrected chi connectivity index (χ2v) is 8.46. The van der Waals surface area contributed by atoms with Gasteiger partial charge >= 0.3 is 0 Å². The van der Waals surface area contributed by atoms with E-state index in [4.69, 9.17) is 4.98 Å². The van der Waals surface area contributed by atoms with Crippen LogP contribution in [0.15, 0.2) is 89.7 Å². The van der Waals surface area contributed by atoms with Crippen molar-refractivity contribution in [1.82, 2.24) is 14.5 Å². The summed E-state index contributed by atoms with van der Waals surface area (Å²) in [6.45, 7) is 0. The van der Waals surface area contributed by atoms with Crippen molar-refractivity contribution in [3.8, 4) is 11.6 Å². The quantitative estimate of drug-likeness (QED) is 0.357. The minimum atomic E-state index is -0.315. The standard InChI is InChI=1S/C28H20FN3O2/c29-20-9-6-18(7-10-20)15-24-28(34)32-25-13-8-19-16-21(33)11-12-22(19)26(25)30-23(27(32)31-24)14-17-4-2-1-3-5-17/h1-13,16,30,33H,14-15H2. The molecular weight excluding hydrogens is 429 g/mol. The summed E-state index contributed by atoms with van der Waals surface area (Å²) >= 11 is 0. The van der Waals surface area contributed by atoms with Crippen LogP contribution in [0.4, 0.5) is 4.39 Å². The maximum absolute atomic E-state index is 13.6. The van der Waals surface area contributed by atoms with E-state index >= 15 is 0 Å². The number of rotatable bonds is 4. The van der Waals surface area contributed by atoms with Crippen LogP contribution in [-0.4, -0.2) is 19.6 Å². The molecule has 4 aromatic rings. The number of phenols is 1. The van der Waals surface area contributed by atoms with E-state index in [2.05, 4.69) is 4.98 Å². The summed E-state index contributed by atoms with van der Waals surface area (Å²) in [5, 5.41) is 11.7. The largest absolute Gasteiger partial charge is 0.508 e. The Bertz CT molecular complexity index is 1690. The van der Waals surface area contributed by atoms with Crippen LogP contribution in [0.5, 0.6) is 5.75 Å². The maximum atomic E-state index is 13.6. The smallest absolute Gasteiger partial charge is 0.278 e. The molecular formula is C28H20FN3O2. The molecule has 2 aliphatic rings. The van der Waals surface area contributed by atoms with E-state index < -0.39 is 0 Å². The Kier molecular flexibility index (Phi) is 4.66. The van der Waals surface area contributed by atoms with Crippen LogP contribution in [0, 0.1) is 5.82 Å². The van der Waals surface area contributed by atoms with Crippen molar-refractivity contribution in [2.45, 2.75) is 12.8 Å². The number of hydrogen-bond donors (Lipinski definition) is 2. The second-order valence-electron chi connectivity index (χ2n) is 8.46. The number of imidazole rings is 1. The molecule has 4 aromatic carbocycles. The minimum absolute atomic E-state index is 0.186. The highest BCUT2D eigenvalue weighted by Crippen LogP contribution is 2.30. The molecule has 0 saturated carbocycles. The third-order valence-electron chi connectivity index (χ3n) is 6.18. The zero-order valence-electron chi connectivity index (χ0n) is 18.1. The van der Waals surface area contributed by atoms with Gasteiger partial charge in [0.15, 0.2) is 5.82 Å². The topological polar surface area (TPSA) is 70.9 Å². The van der Waals surface area contributed by atoms with Crippen molar-refractivity contribution < 1.29 is 9.50 Å². The van der Waals surface area contributed by atoms with Gasteiger partial charge in [-0.1, -0.05) is 48.5 Å². The van der Waals surface area contributed by atoms with E-state index in [0.29, 0.717) is 29.9 Å². The molecule has 6 heteroatoms. The van der Waals surface area contributed by atoms with Crippen LogP contribution < -0.4 is 5.56 Å². The van der Waals surface area contributed by atoms with E-state index in [-0.39, 0.29) is 17.1 Å². The van der Waals surface area contributed by atoms with Crippen LogP contribution in [0.2, 0.25) is 0 Å². The molecule has 0 amide bonds. The SMILES string of the molecule is O=c1c(Cc2ccc(F)cc2)nc2c(Cc3ccccc3)[nH]c3c4ccc(O)cc4ccc3n1-2. The van der Waals surface area contributed by atoms with Gasteiger partial charge in [-0.05, 0) is 52.9 Å². The molecule has 2 heterocycles. The molecule has 0 radical (unpaired) electrons. The number of fused-ring (bicyclic) bond motifs is 5. The van der Waals surface area contributed by atoms with Crippen molar-refractivity contribution in [3.63, 3.8) is 0 Å². The Morgan fingerprint density at radius 3 is 2.44 bits per heavy atom. The summed E-state index contributed by atoms with van der Waals surface area (Å²) in [4.78, 5) is 21.9. The Morgan fingerprint density at radius 2 is 1.65 bits per heavy atom. The lowest BCUT2D eigenvalue weighted by Gasteiger charge is -2.15. The fourth-order valence-electron chi connectivity index (χ4n) is 4.54. The Labute approximate surface area is 194 Å². The van der Waals surface area contributed by atoms with Gasteiger partial charge < -0.3 is 10.1 Å². The number of aromatic nitrogens is 3. The summed E-state index contributed by atoms with van der Waals surface area (Å²) < 4.78 is 15.0. The maximum Gasteiger partial charge on any atom is 0.278 e. The number of aromatic amines is 1. The average molecular weight is 449 g/mol. The molecule has 166 valence electrons. The molecule has 0 atom stereocenters. The minimum Gasteiger partial charge on any atom is -0.508 e. The number of halogens is 1. The van der Waals surface area contributed by atoms with Gasteiger partial charge in [-0.3, -0.25) is 9.36 Å². The lowest BCUT2D eigenvalue weighted by Crippen LogP contribution is -2.18. The molecule has 5 nitrogen and oxygen atoms in total. The fourth-order valence-corrected chi connectivity index (χ4v) is 4.54. The van der Waals surface area contributed by atoms with Crippen molar-refractivity contribution in [3.05, 3.63) is 124 Å². The summed E-state index contributed by atoms with van der Waals surface area (Å²) in [7, 11) is 0. The van der Waals surface area contributed by atoms with Crippen molar-refractivity contribution in [2.75, 3.05) is 0 Å². The summed E-state index contributed by atoms with van der Waals surface area (Å²) in [6, 6.07) is 25.1. The number of hydrogen-bond acceptors (Lipinski definition) is 3. The fraction of sp³-hybridized carbons (Fsp3) is 0.0714. The first-order valence-corrected chi connectivity index (χ1v) is 11.0. The molecule has 2 N–H and O–H groups in total. The predicted molar refractivity (Wildman–Crippen MR) is 131 cm³/mol. The van der Waals surface area contributed by atoms with Gasteiger partial charge in [0.25, 0.3) is 5.56 Å². The number of benzene rings is 4. The van der Waals surface area contributed by atoms with Gasteiger partial charge in [0, 0.05) is 18.2 Å². The number of nitrogens with one attached hydrogen (secondary N) is 1. The van der Waals surface area contributed by atoms with Gasteiger partial charge in [0.2, 0.25) is 0 Å². The summed E-state index contributed by atoms with van der Waals surface area (Å²) in [5.74, 6) is 0.451. The molecule has 6 rings (SSSR count). The van der Waals surface area contributed by atoms with Gasteiger partial charge in [-0.25, -0.2) is 9.37 Å². The highest BCUT2D eigenvalue weighted by Gasteiger charge is 2.22. The first kappa shape index (κ1) is 20.2. The van der Waals surface area contributed by atoms with Crippen molar-refractivity contribution in [2.24, 2.45) is 0 Å². The second kappa shape index (κ2) is 7.85. The molecule has 0 bridgehead atoms. The van der Waals surface area contributed by atoms with Crippen molar-refractivity contribution >= 4 is 21.8 Å². The lowest BCUT2D eigenvalue weighted by molar-refractivity contribution is 0.476. The summed E-state index contributed by atoms with van der Waals surface area (Å²) in [6.07, 6.45) is 0.885. The lowest BCUT2D eigenvalue weighted by atomic mass is 10.1. The average Bonchev–Trinajstić information content (AvgIpc) is 3.17. The van der Waals surface area contributed by atoms with Crippen LogP contribution in [0.25, 0.3) is 27.6 Å². The number of aromatic hydroxyl groups is 1. The van der Waals surface area contributed by atoms with Gasteiger partial charge in [0.05, 0.1) is 16.7 Å². The number of H-pyrrole nitrogens is 1. The highest BCUT2D eigenvalue weighted by molar-refractivity contribution is 6.05. The van der Waals surface area contributed by atoms with Gasteiger partial charge in [0.1, 0.15) is 17.3 Å². The molecule has 34 heavy (non-hydrogen) atoms. The zero-order valence-corrected chi connectivity index (χ0v) is 18.1.